The first-order chi connectivity index (χ1) is 13.4. The van der Waals surface area contributed by atoms with E-state index in [-0.39, 0.29) is 5.91 Å². The minimum atomic E-state index is -0.790. The standard InChI is InChI=1S/C20H20ClN3O3S/c1-12-16-11-17(20(26)27-13(2)18(25)23-8-3-4-9-23)28-19(16)24(22-12)15-7-5-6-14(21)10-15/h5-7,10-11,13H,3-4,8-9H2,1-2H3/t13-/m0/s1. The molecule has 146 valence electrons. The summed E-state index contributed by atoms with van der Waals surface area (Å²) in [7, 11) is 0. The number of likely N-dealkylation sites (tertiary alicyclic amines) is 1. The summed E-state index contributed by atoms with van der Waals surface area (Å²) >= 11 is 7.40. The zero-order valence-corrected chi connectivity index (χ0v) is 17.2. The molecular weight excluding hydrogens is 398 g/mol. The van der Waals surface area contributed by atoms with Gasteiger partial charge in [0.1, 0.15) is 9.71 Å². The number of nitrogens with zero attached hydrogens (tertiary/aromatic N) is 3. The number of hydrogen-bond acceptors (Lipinski definition) is 5. The van der Waals surface area contributed by atoms with Crippen molar-refractivity contribution in [2.24, 2.45) is 0 Å². The van der Waals surface area contributed by atoms with Crippen molar-refractivity contribution in [3.63, 3.8) is 0 Å². The Balaban J connectivity index is 1.58. The Hall–Kier alpha value is -2.38. The van der Waals surface area contributed by atoms with Crippen molar-refractivity contribution in [3.8, 4) is 5.69 Å². The third kappa shape index (κ3) is 3.52. The number of benzene rings is 1. The van der Waals surface area contributed by atoms with E-state index in [1.54, 1.807) is 28.6 Å². The third-order valence-corrected chi connectivity index (χ3v) is 6.17. The van der Waals surface area contributed by atoms with E-state index in [4.69, 9.17) is 16.3 Å². The van der Waals surface area contributed by atoms with Crippen LogP contribution in [0.3, 0.4) is 0 Å². The maximum Gasteiger partial charge on any atom is 0.349 e. The highest BCUT2D eigenvalue weighted by molar-refractivity contribution is 7.20. The highest BCUT2D eigenvalue weighted by Crippen LogP contribution is 2.31. The molecule has 6 nitrogen and oxygen atoms in total. The highest BCUT2D eigenvalue weighted by atomic mass is 35.5. The topological polar surface area (TPSA) is 64.4 Å². The van der Waals surface area contributed by atoms with Crippen molar-refractivity contribution >= 4 is 45.0 Å². The normalized spacial score (nSPS) is 15.2. The van der Waals surface area contributed by atoms with Gasteiger partial charge in [0.05, 0.1) is 11.4 Å². The first kappa shape index (κ1) is 19.0. The Kier molecular flexibility index (Phi) is 5.12. The van der Waals surface area contributed by atoms with Crippen LogP contribution in [0.1, 0.15) is 35.1 Å². The van der Waals surface area contributed by atoms with Crippen LogP contribution in [0.5, 0.6) is 0 Å². The van der Waals surface area contributed by atoms with Crippen LogP contribution in [-0.4, -0.2) is 45.8 Å². The summed E-state index contributed by atoms with van der Waals surface area (Å²) in [5, 5.41) is 6.06. The number of thiophene rings is 1. The number of halogens is 1. The molecule has 0 bridgehead atoms. The fourth-order valence-electron chi connectivity index (χ4n) is 3.39. The fourth-order valence-corrected chi connectivity index (χ4v) is 4.64. The largest absolute Gasteiger partial charge is 0.448 e. The Bertz CT molecular complexity index is 1050. The van der Waals surface area contributed by atoms with E-state index < -0.39 is 12.1 Å². The molecule has 0 spiro atoms. The molecule has 1 amide bonds. The van der Waals surface area contributed by atoms with Crippen LogP contribution >= 0.6 is 22.9 Å². The van der Waals surface area contributed by atoms with E-state index in [1.807, 2.05) is 25.1 Å². The van der Waals surface area contributed by atoms with Gasteiger partial charge in [-0.15, -0.1) is 11.3 Å². The molecule has 2 aromatic heterocycles. The van der Waals surface area contributed by atoms with E-state index in [0.29, 0.717) is 9.90 Å². The van der Waals surface area contributed by atoms with Gasteiger partial charge in [-0.1, -0.05) is 17.7 Å². The minimum Gasteiger partial charge on any atom is -0.448 e. The quantitative estimate of drug-likeness (QED) is 0.596. The number of rotatable bonds is 4. The Morgan fingerprint density at radius 2 is 2.00 bits per heavy atom. The molecule has 8 heteroatoms. The molecule has 0 unspecified atom stereocenters. The molecule has 0 radical (unpaired) electrons. The maximum absolute atomic E-state index is 12.6. The summed E-state index contributed by atoms with van der Waals surface area (Å²) in [6.07, 6.45) is 1.21. The molecule has 28 heavy (non-hydrogen) atoms. The lowest BCUT2D eigenvalue weighted by atomic mass is 10.3. The number of esters is 1. The average molecular weight is 418 g/mol. The average Bonchev–Trinajstić information content (AvgIpc) is 3.39. The fraction of sp³-hybridized carbons (Fsp3) is 0.350. The van der Waals surface area contributed by atoms with Crippen molar-refractivity contribution in [2.75, 3.05) is 13.1 Å². The van der Waals surface area contributed by atoms with Crippen LogP contribution in [0.15, 0.2) is 30.3 Å². The van der Waals surface area contributed by atoms with Crippen LogP contribution in [0.2, 0.25) is 5.02 Å². The predicted octanol–water partition coefficient (Wildman–Crippen LogP) is 4.22. The zero-order valence-electron chi connectivity index (χ0n) is 15.6. The summed E-state index contributed by atoms with van der Waals surface area (Å²) in [6, 6.07) is 9.16. The molecule has 1 saturated heterocycles. The number of carbonyl (C=O) groups is 2. The second kappa shape index (κ2) is 7.56. The molecule has 3 heterocycles. The van der Waals surface area contributed by atoms with Crippen LogP contribution in [0.25, 0.3) is 15.9 Å². The molecule has 4 rings (SSSR count). The number of ether oxygens (including phenoxy) is 1. The van der Waals surface area contributed by atoms with E-state index in [1.165, 1.54) is 11.3 Å². The molecule has 1 aliphatic heterocycles. The lowest BCUT2D eigenvalue weighted by molar-refractivity contribution is -0.138. The number of hydrogen-bond donors (Lipinski definition) is 0. The van der Waals surface area contributed by atoms with Crippen molar-refractivity contribution in [1.29, 1.82) is 0 Å². The van der Waals surface area contributed by atoms with Gasteiger partial charge in [0.2, 0.25) is 0 Å². The molecule has 0 saturated carbocycles. The van der Waals surface area contributed by atoms with E-state index in [2.05, 4.69) is 5.10 Å². The molecule has 3 aromatic rings. The Labute approximate surface area is 171 Å². The molecular formula is C20H20ClN3O3S. The summed E-state index contributed by atoms with van der Waals surface area (Å²) in [5.41, 5.74) is 1.64. The van der Waals surface area contributed by atoms with Gasteiger partial charge in [-0.2, -0.15) is 5.10 Å². The zero-order chi connectivity index (χ0) is 19.8. The second-order valence-corrected chi connectivity index (χ2v) is 8.35. The van der Waals surface area contributed by atoms with Crippen molar-refractivity contribution in [3.05, 3.63) is 45.9 Å². The van der Waals surface area contributed by atoms with Crippen LogP contribution in [0, 0.1) is 6.92 Å². The smallest absolute Gasteiger partial charge is 0.349 e. The van der Waals surface area contributed by atoms with Gasteiger partial charge in [0.15, 0.2) is 6.10 Å². The monoisotopic (exact) mass is 417 g/mol. The number of amides is 1. The summed E-state index contributed by atoms with van der Waals surface area (Å²) in [5.74, 6) is -0.619. The lowest BCUT2D eigenvalue weighted by Gasteiger charge is -2.20. The summed E-state index contributed by atoms with van der Waals surface area (Å²) in [6.45, 7) is 4.99. The SMILES string of the molecule is Cc1nn(-c2cccc(Cl)c2)c2sc(C(=O)O[C@@H](C)C(=O)N3CCCC3)cc12. The molecule has 0 aliphatic carbocycles. The van der Waals surface area contributed by atoms with Crippen LogP contribution in [-0.2, 0) is 9.53 Å². The van der Waals surface area contributed by atoms with E-state index in [9.17, 15) is 9.59 Å². The molecule has 1 aliphatic rings. The number of carbonyl (C=O) groups excluding carboxylic acids is 2. The molecule has 1 atom stereocenters. The molecule has 0 N–H and O–H groups in total. The molecule has 1 fully saturated rings. The second-order valence-electron chi connectivity index (χ2n) is 6.89. The van der Waals surface area contributed by atoms with Crippen molar-refractivity contribution < 1.29 is 14.3 Å². The van der Waals surface area contributed by atoms with Crippen molar-refractivity contribution in [2.45, 2.75) is 32.8 Å². The molecule has 1 aromatic carbocycles. The van der Waals surface area contributed by atoms with E-state index >= 15 is 0 Å². The first-order valence-corrected chi connectivity index (χ1v) is 10.4. The highest BCUT2D eigenvalue weighted by Gasteiger charge is 2.27. The van der Waals surface area contributed by atoms with E-state index in [0.717, 1.165) is 47.5 Å². The van der Waals surface area contributed by atoms with Gasteiger partial charge >= 0.3 is 5.97 Å². The van der Waals surface area contributed by atoms with Gasteiger partial charge < -0.3 is 9.64 Å². The van der Waals surface area contributed by atoms with Crippen molar-refractivity contribution in [1.82, 2.24) is 14.7 Å². The van der Waals surface area contributed by atoms with Gasteiger partial charge in [-0.05, 0) is 51.0 Å². The Morgan fingerprint density at radius 3 is 2.71 bits per heavy atom. The van der Waals surface area contributed by atoms with Crippen LogP contribution < -0.4 is 0 Å². The lowest BCUT2D eigenvalue weighted by Crippen LogP contribution is -2.38. The Morgan fingerprint density at radius 1 is 1.25 bits per heavy atom. The third-order valence-electron chi connectivity index (χ3n) is 4.85. The first-order valence-electron chi connectivity index (χ1n) is 9.19. The van der Waals surface area contributed by atoms with Crippen LogP contribution in [0.4, 0.5) is 0 Å². The van der Waals surface area contributed by atoms with Gasteiger partial charge in [0.25, 0.3) is 5.91 Å². The summed E-state index contributed by atoms with van der Waals surface area (Å²) in [4.78, 5) is 28.1. The maximum atomic E-state index is 12.6. The van der Waals surface area contributed by atoms with Gasteiger partial charge in [0, 0.05) is 23.5 Å². The predicted molar refractivity (Wildman–Crippen MR) is 109 cm³/mol. The number of aromatic nitrogens is 2. The summed E-state index contributed by atoms with van der Waals surface area (Å²) < 4.78 is 7.22. The number of aryl methyl sites for hydroxylation is 1. The van der Waals surface area contributed by atoms with Gasteiger partial charge in [-0.25, -0.2) is 9.48 Å². The minimum absolute atomic E-state index is 0.131. The van der Waals surface area contributed by atoms with Gasteiger partial charge in [-0.3, -0.25) is 4.79 Å². The number of fused-ring (bicyclic) bond motifs is 1.